The molecule has 0 fully saturated rings. The van der Waals surface area contributed by atoms with Crippen molar-refractivity contribution < 1.29 is 9.90 Å². The second-order valence-electron chi connectivity index (χ2n) is 6.12. The molecule has 0 aliphatic heterocycles. The van der Waals surface area contributed by atoms with E-state index < -0.39 is 6.10 Å². The van der Waals surface area contributed by atoms with Crippen LogP contribution in [0.5, 0.6) is 0 Å². The van der Waals surface area contributed by atoms with Crippen LogP contribution in [-0.4, -0.2) is 30.6 Å². The summed E-state index contributed by atoms with van der Waals surface area (Å²) in [7, 11) is 0. The third kappa shape index (κ3) is 5.61. The molecule has 2 N–H and O–H groups in total. The molecule has 0 saturated carbocycles. The van der Waals surface area contributed by atoms with Gasteiger partial charge < -0.3 is 15.3 Å². The zero-order valence-corrected chi connectivity index (χ0v) is 15.1. The van der Waals surface area contributed by atoms with Gasteiger partial charge in [0.05, 0.1) is 6.10 Å². The zero-order valence-electron chi connectivity index (χ0n) is 15.1. The second kappa shape index (κ2) is 9.84. The van der Waals surface area contributed by atoms with Gasteiger partial charge in [-0.1, -0.05) is 43.7 Å². The number of hydrogen-bond acceptors (Lipinski definition) is 3. The van der Waals surface area contributed by atoms with E-state index in [-0.39, 0.29) is 12.5 Å². The quantitative estimate of drug-likeness (QED) is 0.730. The minimum Gasteiger partial charge on any atom is -0.387 e. The summed E-state index contributed by atoms with van der Waals surface area (Å²) >= 11 is 0. The highest BCUT2D eigenvalue weighted by Crippen LogP contribution is 2.16. The van der Waals surface area contributed by atoms with Gasteiger partial charge in [-0.3, -0.25) is 4.79 Å². The van der Waals surface area contributed by atoms with Gasteiger partial charge in [0.2, 0.25) is 0 Å². The van der Waals surface area contributed by atoms with Crippen LogP contribution in [0.3, 0.4) is 0 Å². The molecule has 0 bridgehead atoms. The first-order valence-electron chi connectivity index (χ1n) is 9.02. The van der Waals surface area contributed by atoms with Crippen LogP contribution in [0.1, 0.15) is 48.7 Å². The van der Waals surface area contributed by atoms with E-state index in [1.165, 1.54) is 6.42 Å². The van der Waals surface area contributed by atoms with Crippen molar-refractivity contribution in [3.05, 3.63) is 65.7 Å². The Morgan fingerprint density at radius 2 is 1.76 bits per heavy atom. The Morgan fingerprint density at radius 3 is 2.36 bits per heavy atom. The Kier molecular flexibility index (Phi) is 7.48. The summed E-state index contributed by atoms with van der Waals surface area (Å²) in [5.41, 5.74) is 2.54. The van der Waals surface area contributed by atoms with Gasteiger partial charge in [0, 0.05) is 30.9 Å². The fourth-order valence-corrected chi connectivity index (χ4v) is 2.73. The molecule has 1 unspecified atom stereocenters. The molecule has 1 atom stereocenters. The maximum atomic E-state index is 12.3. The molecule has 4 nitrogen and oxygen atoms in total. The van der Waals surface area contributed by atoms with Gasteiger partial charge >= 0.3 is 0 Å². The molecule has 134 valence electrons. The van der Waals surface area contributed by atoms with Crippen molar-refractivity contribution >= 4 is 11.6 Å². The summed E-state index contributed by atoms with van der Waals surface area (Å²) in [5, 5.41) is 12.9. The average Bonchev–Trinajstić information content (AvgIpc) is 2.67. The molecule has 0 heterocycles. The number of carbonyl (C=O) groups is 1. The Balaban J connectivity index is 1.91. The molecule has 2 aromatic rings. The lowest BCUT2D eigenvalue weighted by atomic mass is 10.1. The molecular weight excluding hydrogens is 312 g/mol. The van der Waals surface area contributed by atoms with E-state index in [9.17, 15) is 9.90 Å². The fourth-order valence-electron chi connectivity index (χ4n) is 2.73. The molecule has 0 aromatic heterocycles. The average molecular weight is 340 g/mol. The van der Waals surface area contributed by atoms with Crippen molar-refractivity contribution in [1.82, 2.24) is 5.32 Å². The van der Waals surface area contributed by atoms with Gasteiger partial charge in [0.25, 0.3) is 5.91 Å². The molecule has 4 heteroatoms. The highest BCUT2D eigenvalue weighted by molar-refractivity contribution is 5.94. The number of nitrogens with zero attached hydrogens (tertiary/aromatic N) is 1. The van der Waals surface area contributed by atoms with E-state index in [0.29, 0.717) is 5.56 Å². The number of rotatable bonds is 9. The fraction of sp³-hybridized carbons (Fsp3) is 0.381. The number of carbonyl (C=O) groups excluding carboxylic acids is 1. The highest BCUT2D eigenvalue weighted by atomic mass is 16.3. The van der Waals surface area contributed by atoms with E-state index in [4.69, 9.17) is 0 Å². The SMILES string of the molecule is CCCCN(CC)c1ccc(C(=O)NCC(O)c2ccccc2)cc1. The van der Waals surface area contributed by atoms with E-state index in [2.05, 4.69) is 24.1 Å². The van der Waals surface area contributed by atoms with E-state index >= 15 is 0 Å². The Labute approximate surface area is 150 Å². The molecular formula is C21H28N2O2. The van der Waals surface area contributed by atoms with Crippen molar-refractivity contribution in [3.63, 3.8) is 0 Å². The van der Waals surface area contributed by atoms with Crippen molar-refractivity contribution in [2.75, 3.05) is 24.5 Å². The summed E-state index contributed by atoms with van der Waals surface area (Å²) < 4.78 is 0. The molecule has 0 aliphatic rings. The molecule has 1 amide bonds. The first-order chi connectivity index (χ1) is 12.2. The first-order valence-corrected chi connectivity index (χ1v) is 9.02. The number of anilines is 1. The number of unbranched alkanes of at least 4 members (excludes halogenated alkanes) is 1. The van der Waals surface area contributed by atoms with Crippen molar-refractivity contribution in [2.24, 2.45) is 0 Å². The van der Waals surface area contributed by atoms with Crippen LogP contribution in [0.4, 0.5) is 5.69 Å². The number of benzene rings is 2. The molecule has 0 radical (unpaired) electrons. The summed E-state index contributed by atoms with van der Waals surface area (Å²) in [6, 6.07) is 17.0. The third-order valence-electron chi connectivity index (χ3n) is 4.30. The second-order valence-corrected chi connectivity index (χ2v) is 6.12. The maximum absolute atomic E-state index is 12.3. The minimum absolute atomic E-state index is 0.168. The van der Waals surface area contributed by atoms with Crippen LogP contribution in [0.15, 0.2) is 54.6 Å². The van der Waals surface area contributed by atoms with Crippen molar-refractivity contribution in [3.8, 4) is 0 Å². The van der Waals surface area contributed by atoms with Crippen LogP contribution < -0.4 is 10.2 Å². The van der Waals surface area contributed by atoms with Gasteiger partial charge in [0.15, 0.2) is 0 Å². The minimum atomic E-state index is -0.700. The van der Waals surface area contributed by atoms with Crippen LogP contribution in [0, 0.1) is 0 Å². The Bertz CT molecular complexity index is 641. The largest absolute Gasteiger partial charge is 0.387 e. The first kappa shape index (κ1) is 19.0. The summed E-state index contributed by atoms with van der Waals surface area (Å²) in [4.78, 5) is 14.6. The summed E-state index contributed by atoms with van der Waals surface area (Å²) in [5.74, 6) is -0.168. The molecule has 0 saturated heterocycles. The number of amides is 1. The van der Waals surface area contributed by atoms with Gasteiger partial charge in [-0.25, -0.2) is 0 Å². The smallest absolute Gasteiger partial charge is 0.251 e. The van der Waals surface area contributed by atoms with Gasteiger partial charge in [-0.05, 0) is 43.2 Å². The zero-order chi connectivity index (χ0) is 18.1. The topological polar surface area (TPSA) is 52.6 Å². The predicted molar refractivity (Wildman–Crippen MR) is 103 cm³/mol. The maximum Gasteiger partial charge on any atom is 0.251 e. The lowest BCUT2D eigenvalue weighted by Crippen LogP contribution is -2.28. The van der Waals surface area contributed by atoms with Crippen LogP contribution in [0.2, 0.25) is 0 Å². The van der Waals surface area contributed by atoms with E-state index in [1.807, 2.05) is 54.6 Å². The number of hydrogen-bond donors (Lipinski definition) is 2. The molecule has 2 aromatic carbocycles. The normalized spacial score (nSPS) is 11.8. The van der Waals surface area contributed by atoms with Crippen LogP contribution in [-0.2, 0) is 0 Å². The molecule has 2 rings (SSSR count). The Morgan fingerprint density at radius 1 is 1.08 bits per heavy atom. The predicted octanol–water partition coefficient (Wildman–Crippen LogP) is 3.78. The molecule has 0 spiro atoms. The number of aliphatic hydroxyl groups is 1. The van der Waals surface area contributed by atoms with Crippen LogP contribution >= 0.6 is 0 Å². The van der Waals surface area contributed by atoms with E-state index in [0.717, 1.165) is 30.8 Å². The van der Waals surface area contributed by atoms with Gasteiger partial charge in [-0.15, -0.1) is 0 Å². The third-order valence-corrected chi connectivity index (χ3v) is 4.30. The highest BCUT2D eigenvalue weighted by Gasteiger charge is 2.11. The number of aliphatic hydroxyl groups excluding tert-OH is 1. The lowest BCUT2D eigenvalue weighted by molar-refractivity contribution is 0.0916. The van der Waals surface area contributed by atoms with Crippen molar-refractivity contribution in [1.29, 1.82) is 0 Å². The standard InChI is InChI=1S/C21H28N2O2/c1-3-5-15-23(4-2)19-13-11-18(12-14-19)21(25)22-16-20(24)17-9-7-6-8-10-17/h6-14,20,24H,3-5,15-16H2,1-2H3,(H,22,25). The monoisotopic (exact) mass is 340 g/mol. The van der Waals surface area contributed by atoms with Gasteiger partial charge in [-0.2, -0.15) is 0 Å². The number of nitrogens with one attached hydrogen (secondary N) is 1. The summed E-state index contributed by atoms with van der Waals surface area (Å²) in [6.45, 7) is 6.51. The summed E-state index contributed by atoms with van der Waals surface area (Å²) in [6.07, 6.45) is 1.63. The molecule has 25 heavy (non-hydrogen) atoms. The van der Waals surface area contributed by atoms with Crippen molar-refractivity contribution in [2.45, 2.75) is 32.8 Å². The van der Waals surface area contributed by atoms with E-state index in [1.54, 1.807) is 0 Å². The van der Waals surface area contributed by atoms with Crippen LogP contribution in [0.25, 0.3) is 0 Å². The molecule has 0 aliphatic carbocycles. The van der Waals surface area contributed by atoms with Gasteiger partial charge in [0.1, 0.15) is 0 Å². The Hall–Kier alpha value is -2.33. The lowest BCUT2D eigenvalue weighted by Gasteiger charge is -2.23.